The monoisotopic (exact) mass is 454 g/mol. The molecule has 3 aromatic carbocycles. The van der Waals surface area contributed by atoms with Crippen molar-refractivity contribution in [2.45, 2.75) is 26.6 Å². The molecule has 0 aliphatic rings. The predicted octanol–water partition coefficient (Wildman–Crippen LogP) is 4.85. The Balaban J connectivity index is 1.70. The number of aromatic nitrogens is 4. The molecule has 0 amide bonds. The molecule has 33 heavy (non-hydrogen) atoms. The predicted molar refractivity (Wildman–Crippen MR) is 117 cm³/mol. The molecule has 4 aromatic rings. The van der Waals surface area contributed by atoms with Gasteiger partial charge in [0, 0.05) is 12.6 Å². The number of hydrogen-bond acceptors (Lipinski definition) is 4. The van der Waals surface area contributed by atoms with Crippen LogP contribution < -0.4 is 10.4 Å². The fourth-order valence-electron chi connectivity index (χ4n) is 3.65. The van der Waals surface area contributed by atoms with E-state index in [4.69, 9.17) is 4.74 Å². The molecule has 0 aliphatic carbocycles. The van der Waals surface area contributed by atoms with Crippen molar-refractivity contribution in [3.05, 3.63) is 93.4 Å². The van der Waals surface area contributed by atoms with Gasteiger partial charge in [0.05, 0.1) is 11.3 Å². The molecule has 0 fully saturated rings. The normalized spacial score (nSPS) is 11.6. The molecular formula is C24H21F3N4O2. The number of hydrogen-bond donors (Lipinski definition) is 0. The highest BCUT2D eigenvalue weighted by molar-refractivity contribution is 5.72. The molecule has 6 nitrogen and oxygen atoms in total. The van der Waals surface area contributed by atoms with Gasteiger partial charge in [0.2, 0.25) is 0 Å². The first-order valence-corrected chi connectivity index (χ1v) is 10.1. The van der Waals surface area contributed by atoms with E-state index in [9.17, 15) is 18.0 Å². The third-order valence-corrected chi connectivity index (χ3v) is 5.45. The second-order valence-electron chi connectivity index (χ2n) is 7.68. The van der Waals surface area contributed by atoms with E-state index in [1.165, 1.54) is 19.2 Å². The van der Waals surface area contributed by atoms with E-state index in [2.05, 4.69) is 10.4 Å². The number of halogens is 3. The molecule has 170 valence electrons. The Labute approximate surface area is 187 Å². The summed E-state index contributed by atoms with van der Waals surface area (Å²) in [5.74, 6) is 0.0698. The average Bonchev–Trinajstić information content (AvgIpc) is 3.10. The first kappa shape index (κ1) is 22.3. The lowest BCUT2D eigenvalue weighted by Gasteiger charge is -2.17. The zero-order valence-corrected chi connectivity index (χ0v) is 18.2. The summed E-state index contributed by atoms with van der Waals surface area (Å²) in [5.41, 5.74) is 2.02. The Morgan fingerprint density at radius 1 is 0.909 bits per heavy atom. The molecule has 0 aliphatic heterocycles. The smallest absolute Gasteiger partial charge is 0.417 e. The number of aryl methyl sites for hydroxylation is 3. The summed E-state index contributed by atoms with van der Waals surface area (Å²) < 4.78 is 49.7. The Morgan fingerprint density at radius 2 is 1.64 bits per heavy atom. The number of benzene rings is 3. The summed E-state index contributed by atoms with van der Waals surface area (Å²) >= 11 is 0. The van der Waals surface area contributed by atoms with Crippen molar-refractivity contribution >= 4 is 0 Å². The summed E-state index contributed by atoms with van der Waals surface area (Å²) in [7, 11) is 1.48. The quantitative estimate of drug-likeness (QED) is 0.433. The van der Waals surface area contributed by atoms with Gasteiger partial charge in [-0.15, -0.1) is 0 Å². The summed E-state index contributed by atoms with van der Waals surface area (Å²) in [6.07, 6.45) is -4.56. The van der Waals surface area contributed by atoms with Gasteiger partial charge in [-0.1, -0.05) is 42.5 Å². The van der Waals surface area contributed by atoms with Gasteiger partial charge in [0.1, 0.15) is 12.4 Å². The highest BCUT2D eigenvalue weighted by atomic mass is 19.4. The molecule has 1 aromatic heterocycles. The van der Waals surface area contributed by atoms with E-state index >= 15 is 0 Å². The van der Waals surface area contributed by atoms with Crippen LogP contribution in [0, 0.1) is 13.8 Å². The van der Waals surface area contributed by atoms with Gasteiger partial charge < -0.3 is 4.74 Å². The van der Waals surface area contributed by atoms with Crippen LogP contribution in [0.2, 0.25) is 0 Å². The van der Waals surface area contributed by atoms with Crippen molar-refractivity contribution in [3.63, 3.8) is 0 Å². The largest absolute Gasteiger partial charge is 0.489 e. The molecule has 4 rings (SSSR count). The van der Waals surface area contributed by atoms with Gasteiger partial charge in [-0.25, -0.2) is 4.79 Å². The maximum Gasteiger partial charge on any atom is 0.417 e. The molecule has 1 heterocycles. The first-order chi connectivity index (χ1) is 15.7. The Hall–Kier alpha value is -3.88. The van der Waals surface area contributed by atoms with Crippen LogP contribution in [0.5, 0.6) is 5.75 Å². The second-order valence-corrected chi connectivity index (χ2v) is 7.68. The van der Waals surface area contributed by atoms with Crippen molar-refractivity contribution in [1.82, 2.24) is 19.8 Å². The number of rotatable bonds is 5. The molecule has 0 spiro atoms. The van der Waals surface area contributed by atoms with E-state index in [1.807, 2.05) is 13.0 Å². The maximum atomic E-state index is 13.9. The number of nitrogens with zero attached hydrogens (tertiary/aromatic N) is 4. The summed E-state index contributed by atoms with van der Waals surface area (Å²) in [4.78, 5) is 12.3. The topological polar surface area (TPSA) is 61.9 Å². The molecular weight excluding hydrogens is 433 g/mol. The number of ether oxygens (including phenoxy) is 1. The van der Waals surface area contributed by atoms with Gasteiger partial charge in [0.25, 0.3) is 0 Å². The highest BCUT2D eigenvalue weighted by Crippen LogP contribution is 2.40. The zero-order valence-electron chi connectivity index (χ0n) is 18.2. The van der Waals surface area contributed by atoms with Crippen LogP contribution in [-0.4, -0.2) is 19.8 Å². The van der Waals surface area contributed by atoms with Crippen molar-refractivity contribution in [1.29, 1.82) is 0 Å². The third kappa shape index (κ3) is 4.39. The molecule has 0 N–H and O–H groups in total. The fraction of sp³-hybridized carbons (Fsp3) is 0.208. The van der Waals surface area contributed by atoms with Crippen LogP contribution in [0.25, 0.3) is 16.8 Å². The molecule has 0 unspecified atom stereocenters. The molecule has 0 atom stereocenters. The van der Waals surface area contributed by atoms with Gasteiger partial charge >= 0.3 is 11.9 Å². The van der Waals surface area contributed by atoms with Crippen molar-refractivity contribution < 1.29 is 17.9 Å². The summed E-state index contributed by atoms with van der Waals surface area (Å²) in [6, 6.07) is 16.1. The van der Waals surface area contributed by atoms with E-state index < -0.39 is 17.4 Å². The van der Waals surface area contributed by atoms with Crippen molar-refractivity contribution in [3.8, 4) is 22.6 Å². The van der Waals surface area contributed by atoms with Crippen LogP contribution in [0.3, 0.4) is 0 Å². The van der Waals surface area contributed by atoms with E-state index in [-0.39, 0.29) is 17.9 Å². The molecule has 0 bridgehead atoms. The molecule has 9 heteroatoms. The Kier molecular flexibility index (Phi) is 5.80. The molecule has 0 radical (unpaired) electrons. The second kappa shape index (κ2) is 8.57. The van der Waals surface area contributed by atoms with Crippen LogP contribution in [0.15, 0.2) is 65.5 Å². The van der Waals surface area contributed by atoms with Crippen LogP contribution in [-0.2, 0) is 19.8 Å². The maximum absolute atomic E-state index is 13.9. The minimum atomic E-state index is -4.56. The molecule has 0 saturated carbocycles. The molecule has 0 saturated heterocycles. The average molecular weight is 454 g/mol. The summed E-state index contributed by atoms with van der Waals surface area (Å²) in [5, 5.41) is 7.57. The number of alkyl halides is 3. The number of tetrazole rings is 1. The van der Waals surface area contributed by atoms with Gasteiger partial charge in [-0.2, -0.15) is 22.5 Å². The Bertz CT molecular complexity index is 1370. The van der Waals surface area contributed by atoms with Crippen LogP contribution in [0.1, 0.15) is 22.3 Å². The summed E-state index contributed by atoms with van der Waals surface area (Å²) in [6.45, 7) is 3.55. The third-order valence-electron chi connectivity index (χ3n) is 5.45. The lowest BCUT2D eigenvalue weighted by molar-refractivity contribution is -0.137. The fourth-order valence-corrected chi connectivity index (χ4v) is 3.65. The highest BCUT2D eigenvalue weighted by Gasteiger charge is 2.34. The lowest BCUT2D eigenvalue weighted by Crippen LogP contribution is -2.23. The van der Waals surface area contributed by atoms with E-state index in [0.29, 0.717) is 16.8 Å². The SMILES string of the molecule is Cc1ccccc1-c1ccc(OCc2c(C)cccc2-n2nnn(C)c2=O)cc1C(F)(F)F. The van der Waals surface area contributed by atoms with Gasteiger partial charge in [0.15, 0.2) is 0 Å². The van der Waals surface area contributed by atoms with E-state index in [1.54, 1.807) is 43.3 Å². The first-order valence-electron chi connectivity index (χ1n) is 10.1. The Morgan fingerprint density at radius 3 is 2.30 bits per heavy atom. The zero-order chi connectivity index (χ0) is 23.8. The van der Waals surface area contributed by atoms with Crippen molar-refractivity contribution in [2.75, 3.05) is 0 Å². The minimum absolute atomic E-state index is 0.0496. The van der Waals surface area contributed by atoms with E-state index in [0.717, 1.165) is 26.6 Å². The minimum Gasteiger partial charge on any atom is -0.489 e. The van der Waals surface area contributed by atoms with Gasteiger partial charge in [-0.3, -0.25) is 0 Å². The lowest BCUT2D eigenvalue weighted by atomic mass is 9.95. The van der Waals surface area contributed by atoms with Gasteiger partial charge in [-0.05, 0) is 64.7 Å². The van der Waals surface area contributed by atoms with Crippen molar-refractivity contribution in [2.24, 2.45) is 7.05 Å². The van der Waals surface area contributed by atoms with Crippen LogP contribution >= 0.6 is 0 Å². The standard InChI is InChI=1S/C24H21F3N4O2/c1-15-7-4-5-9-18(15)19-12-11-17(13-21(19)24(25,26)27)33-14-20-16(2)8-6-10-22(20)31-23(32)30(3)28-29-31/h4-13H,14H2,1-3H3. The van der Waals surface area contributed by atoms with Crippen LogP contribution in [0.4, 0.5) is 13.2 Å².